The van der Waals surface area contributed by atoms with Crippen molar-refractivity contribution in [3.05, 3.63) is 59.1 Å². The number of carbonyl (C=O) groups is 1. The zero-order valence-electron chi connectivity index (χ0n) is 10.8. The number of carbonyl (C=O) groups excluding carboxylic acids is 1. The molecule has 0 spiro atoms. The smallest absolute Gasteiger partial charge is 0.251 e. The molecule has 0 fully saturated rings. The minimum Gasteiger partial charge on any atom is -0.352 e. The van der Waals surface area contributed by atoms with Crippen molar-refractivity contribution in [2.45, 2.75) is 13.3 Å². The summed E-state index contributed by atoms with van der Waals surface area (Å²) in [5, 5.41) is 3.59. The van der Waals surface area contributed by atoms with Gasteiger partial charge in [0.2, 0.25) is 0 Å². The summed E-state index contributed by atoms with van der Waals surface area (Å²) in [7, 11) is 0. The van der Waals surface area contributed by atoms with Gasteiger partial charge in [-0.05, 0) is 41.8 Å². The predicted octanol–water partition coefficient (Wildman–Crippen LogP) is 4.15. The highest BCUT2D eigenvalue weighted by molar-refractivity contribution is 6.30. The summed E-state index contributed by atoms with van der Waals surface area (Å²) in [6, 6.07) is 15.2. The zero-order valence-corrected chi connectivity index (χ0v) is 11.6. The Balaban J connectivity index is 2.24. The first-order valence-corrected chi connectivity index (χ1v) is 6.72. The Kier molecular flexibility index (Phi) is 4.58. The number of nitrogens with one attached hydrogen (secondary N) is 1. The maximum Gasteiger partial charge on any atom is 0.251 e. The highest BCUT2D eigenvalue weighted by atomic mass is 35.5. The number of rotatable bonds is 4. The summed E-state index contributed by atoms with van der Waals surface area (Å²) in [5.41, 5.74) is 2.75. The summed E-state index contributed by atoms with van der Waals surface area (Å²) in [6.07, 6.45) is 0.933. The maximum absolute atomic E-state index is 11.9. The monoisotopic (exact) mass is 273 g/mol. The van der Waals surface area contributed by atoms with Crippen LogP contribution in [0.2, 0.25) is 5.02 Å². The van der Waals surface area contributed by atoms with Gasteiger partial charge in [0.1, 0.15) is 0 Å². The SMILES string of the molecule is CCCNC(=O)c1cccc(-c2ccc(Cl)cc2)c1. The van der Waals surface area contributed by atoms with E-state index in [9.17, 15) is 4.79 Å². The van der Waals surface area contributed by atoms with Gasteiger partial charge in [-0.1, -0.05) is 42.8 Å². The van der Waals surface area contributed by atoms with Crippen LogP contribution in [-0.2, 0) is 0 Å². The lowest BCUT2D eigenvalue weighted by molar-refractivity contribution is 0.0953. The van der Waals surface area contributed by atoms with Gasteiger partial charge >= 0.3 is 0 Å². The lowest BCUT2D eigenvalue weighted by Gasteiger charge is -2.06. The number of hydrogen-bond donors (Lipinski definition) is 1. The molecule has 0 atom stereocenters. The fraction of sp³-hybridized carbons (Fsp3) is 0.188. The van der Waals surface area contributed by atoms with Crippen molar-refractivity contribution in [2.75, 3.05) is 6.54 Å². The summed E-state index contributed by atoms with van der Waals surface area (Å²) in [5.74, 6) is -0.0299. The summed E-state index contributed by atoms with van der Waals surface area (Å²) in [4.78, 5) is 11.9. The first-order chi connectivity index (χ1) is 9.20. The molecular weight excluding hydrogens is 258 g/mol. The van der Waals surface area contributed by atoms with Crippen molar-refractivity contribution in [3.8, 4) is 11.1 Å². The second-order valence-electron chi connectivity index (χ2n) is 4.34. The summed E-state index contributed by atoms with van der Waals surface area (Å²) >= 11 is 5.87. The van der Waals surface area contributed by atoms with Crippen LogP contribution in [0, 0.1) is 0 Å². The third kappa shape index (κ3) is 3.58. The summed E-state index contributed by atoms with van der Waals surface area (Å²) < 4.78 is 0. The van der Waals surface area contributed by atoms with E-state index in [-0.39, 0.29) is 5.91 Å². The topological polar surface area (TPSA) is 29.1 Å². The number of amides is 1. The first-order valence-electron chi connectivity index (χ1n) is 6.35. The highest BCUT2D eigenvalue weighted by Crippen LogP contribution is 2.22. The number of halogens is 1. The fourth-order valence-corrected chi connectivity index (χ4v) is 1.95. The molecule has 0 bridgehead atoms. The van der Waals surface area contributed by atoms with E-state index >= 15 is 0 Å². The van der Waals surface area contributed by atoms with Crippen molar-refractivity contribution in [2.24, 2.45) is 0 Å². The molecule has 2 rings (SSSR count). The third-order valence-electron chi connectivity index (χ3n) is 2.84. The van der Waals surface area contributed by atoms with E-state index in [0.29, 0.717) is 17.1 Å². The average Bonchev–Trinajstić information content (AvgIpc) is 2.45. The molecule has 0 aromatic heterocycles. The van der Waals surface area contributed by atoms with Crippen LogP contribution in [0.3, 0.4) is 0 Å². The van der Waals surface area contributed by atoms with Crippen molar-refractivity contribution in [3.63, 3.8) is 0 Å². The quantitative estimate of drug-likeness (QED) is 0.891. The molecule has 2 nitrogen and oxygen atoms in total. The van der Waals surface area contributed by atoms with E-state index in [4.69, 9.17) is 11.6 Å². The van der Waals surface area contributed by atoms with Crippen LogP contribution < -0.4 is 5.32 Å². The van der Waals surface area contributed by atoms with Crippen molar-refractivity contribution in [1.29, 1.82) is 0 Å². The van der Waals surface area contributed by atoms with Gasteiger partial charge in [-0.3, -0.25) is 4.79 Å². The molecule has 0 aliphatic rings. The van der Waals surface area contributed by atoms with Crippen LogP contribution in [-0.4, -0.2) is 12.5 Å². The second kappa shape index (κ2) is 6.39. The first kappa shape index (κ1) is 13.6. The Bertz CT molecular complexity index is 563. The Labute approximate surface area is 118 Å². The van der Waals surface area contributed by atoms with E-state index in [2.05, 4.69) is 5.32 Å². The molecule has 2 aromatic rings. The zero-order chi connectivity index (χ0) is 13.7. The van der Waals surface area contributed by atoms with Crippen LogP contribution >= 0.6 is 11.6 Å². The van der Waals surface area contributed by atoms with Crippen LogP contribution in [0.5, 0.6) is 0 Å². The Morgan fingerprint density at radius 1 is 1.11 bits per heavy atom. The van der Waals surface area contributed by atoms with Gasteiger partial charge in [0.05, 0.1) is 0 Å². The molecule has 98 valence electrons. The van der Waals surface area contributed by atoms with Gasteiger partial charge < -0.3 is 5.32 Å². The van der Waals surface area contributed by atoms with Crippen molar-refractivity contribution in [1.82, 2.24) is 5.32 Å². The largest absolute Gasteiger partial charge is 0.352 e. The van der Waals surface area contributed by atoms with Crippen LogP contribution in [0.1, 0.15) is 23.7 Å². The van der Waals surface area contributed by atoms with Gasteiger partial charge in [-0.25, -0.2) is 0 Å². The molecule has 0 unspecified atom stereocenters. The van der Waals surface area contributed by atoms with Gasteiger partial charge in [0, 0.05) is 17.1 Å². The van der Waals surface area contributed by atoms with E-state index in [0.717, 1.165) is 17.5 Å². The van der Waals surface area contributed by atoms with E-state index in [1.165, 1.54) is 0 Å². The van der Waals surface area contributed by atoms with Gasteiger partial charge in [-0.15, -0.1) is 0 Å². The Morgan fingerprint density at radius 3 is 2.53 bits per heavy atom. The molecule has 0 saturated heterocycles. The standard InChI is InChI=1S/C16H16ClNO/c1-2-10-18-16(19)14-5-3-4-13(11-14)12-6-8-15(17)9-7-12/h3-9,11H,2,10H2,1H3,(H,18,19). The Hall–Kier alpha value is -1.80. The Morgan fingerprint density at radius 2 is 1.84 bits per heavy atom. The molecule has 0 saturated carbocycles. The lowest BCUT2D eigenvalue weighted by Crippen LogP contribution is -2.23. The second-order valence-corrected chi connectivity index (χ2v) is 4.78. The molecule has 3 heteroatoms. The van der Waals surface area contributed by atoms with Crippen LogP contribution in [0.15, 0.2) is 48.5 Å². The van der Waals surface area contributed by atoms with Gasteiger partial charge in [-0.2, -0.15) is 0 Å². The molecule has 0 aliphatic heterocycles. The maximum atomic E-state index is 11.9. The minimum absolute atomic E-state index is 0.0299. The third-order valence-corrected chi connectivity index (χ3v) is 3.09. The number of hydrogen-bond acceptors (Lipinski definition) is 1. The lowest BCUT2D eigenvalue weighted by atomic mass is 10.0. The van der Waals surface area contributed by atoms with Gasteiger partial charge in [0.25, 0.3) is 5.91 Å². The van der Waals surface area contributed by atoms with E-state index in [1.807, 2.05) is 55.5 Å². The molecule has 0 heterocycles. The molecule has 1 amide bonds. The number of benzene rings is 2. The molecule has 0 aliphatic carbocycles. The van der Waals surface area contributed by atoms with Crippen LogP contribution in [0.4, 0.5) is 0 Å². The molecule has 19 heavy (non-hydrogen) atoms. The molecule has 2 aromatic carbocycles. The normalized spacial score (nSPS) is 10.2. The van der Waals surface area contributed by atoms with Crippen molar-refractivity contribution < 1.29 is 4.79 Å². The molecule has 1 N–H and O–H groups in total. The minimum atomic E-state index is -0.0299. The van der Waals surface area contributed by atoms with Crippen molar-refractivity contribution >= 4 is 17.5 Å². The van der Waals surface area contributed by atoms with E-state index in [1.54, 1.807) is 0 Å². The predicted molar refractivity (Wildman–Crippen MR) is 79.5 cm³/mol. The summed E-state index contributed by atoms with van der Waals surface area (Å²) in [6.45, 7) is 2.73. The highest BCUT2D eigenvalue weighted by Gasteiger charge is 2.06. The van der Waals surface area contributed by atoms with Gasteiger partial charge in [0.15, 0.2) is 0 Å². The molecule has 0 radical (unpaired) electrons. The van der Waals surface area contributed by atoms with E-state index < -0.39 is 0 Å². The molecular formula is C16H16ClNO. The fourth-order valence-electron chi connectivity index (χ4n) is 1.82. The van der Waals surface area contributed by atoms with Crippen LogP contribution in [0.25, 0.3) is 11.1 Å². The average molecular weight is 274 g/mol.